The Labute approximate surface area is 117 Å². The molecular weight excluding hydrogens is 254 g/mol. The van der Waals surface area contributed by atoms with E-state index in [9.17, 15) is 4.79 Å². The van der Waals surface area contributed by atoms with Crippen molar-refractivity contribution in [3.8, 4) is 0 Å². The maximum atomic E-state index is 11.1. The van der Waals surface area contributed by atoms with Gasteiger partial charge in [0.1, 0.15) is 0 Å². The van der Waals surface area contributed by atoms with E-state index in [-0.39, 0.29) is 5.56 Å². The van der Waals surface area contributed by atoms with Crippen molar-refractivity contribution in [3.05, 3.63) is 53.9 Å². The molecule has 1 aromatic carbocycles. The Morgan fingerprint density at radius 1 is 1.25 bits per heavy atom. The molecule has 2 aromatic rings. The number of rotatable bonds is 5. The smallest absolute Gasteiger partial charge is 0.337 e. The summed E-state index contributed by atoms with van der Waals surface area (Å²) < 4.78 is 0. The van der Waals surface area contributed by atoms with E-state index in [1.54, 1.807) is 0 Å². The molecule has 0 atom stereocenters. The fourth-order valence-corrected chi connectivity index (χ4v) is 1.83. The van der Waals surface area contributed by atoms with Crippen molar-refractivity contribution < 1.29 is 9.90 Å². The third-order valence-electron chi connectivity index (χ3n) is 2.99. The highest BCUT2D eigenvalue weighted by molar-refractivity contribution is 5.93. The third-order valence-corrected chi connectivity index (χ3v) is 2.99. The molecule has 5 nitrogen and oxygen atoms in total. The van der Waals surface area contributed by atoms with Crippen LogP contribution in [0, 0.1) is 0 Å². The molecule has 0 aliphatic heterocycles. The van der Waals surface area contributed by atoms with Crippen molar-refractivity contribution in [3.63, 3.8) is 0 Å². The Kier molecular flexibility index (Phi) is 4.20. The van der Waals surface area contributed by atoms with Crippen LogP contribution >= 0.6 is 0 Å². The number of carbonyl (C=O) groups is 1. The molecule has 0 aliphatic carbocycles. The summed E-state index contributed by atoms with van der Waals surface area (Å²) in [5, 5.41) is 12.2. The first-order chi connectivity index (χ1) is 9.58. The first-order valence-corrected chi connectivity index (χ1v) is 6.25. The van der Waals surface area contributed by atoms with Crippen LogP contribution in [0.4, 0.5) is 11.4 Å². The predicted octanol–water partition coefficient (Wildman–Crippen LogP) is 2.46. The van der Waals surface area contributed by atoms with Crippen molar-refractivity contribution in [2.24, 2.45) is 0 Å². The Morgan fingerprint density at radius 2 is 1.95 bits per heavy atom. The molecule has 2 N–H and O–H groups in total. The SMILES string of the molecule is CN(C)c1ccc(CNc2cnccc2C(=O)O)cc1. The van der Waals surface area contributed by atoms with Gasteiger partial charge in [-0.15, -0.1) is 0 Å². The summed E-state index contributed by atoms with van der Waals surface area (Å²) in [5.41, 5.74) is 2.96. The van der Waals surface area contributed by atoms with Crippen molar-refractivity contribution in [1.82, 2.24) is 4.98 Å². The van der Waals surface area contributed by atoms with Gasteiger partial charge in [0.05, 0.1) is 17.4 Å². The zero-order valence-corrected chi connectivity index (χ0v) is 11.5. The van der Waals surface area contributed by atoms with Gasteiger partial charge in [-0.2, -0.15) is 0 Å². The van der Waals surface area contributed by atoms with E-state index in [0.717, 1.165) is 11.3 Å². The topological polar surface area (TPSA) is 65.5 Å². The molecular formula is C15H17N3O2. The zero-order valence-electron chi connectivity index (χ0n) is 11.5. The summed E-state index contributed by atoms with van der Waals surface area (Å²) in [5.74, 6) is -0.960. The average molecular weight is 271 g/mol. The Bertz CT molecular complexity index is 594. The summed E-state index contributed by atoms with van der Waals surface area (Å²) in [6.45, 7) is 0.555. The van der Waals surface area contributed by atoms with Crippen LogP contribution in [-0.4, -0.2) is 30.2 Å². The molecule has 0 aliphatic rings. The average Bonchev–Trinajstić information content (AvgIpc) is 2.45. The summed E-state index contributed by atoms with van der Waals surface area (Å²) in [6, 6.07) is 9.56. The van der Waals surface area contributed by atoms with Crippen LogP contribution in [0.5, 0.6) is 0 Å². The van der Waals surface area contributed by atoms with Crippen molar-refractivity contribution >= 4 is 17.3 Å². The first-order valence-electron chi connectivity index (χ1n) is 6.25. The molecule has 0 saturated carbocycles. The lowest BCUT2D eigenvalue weighted by Gasteiger charge is -2.13. The molecule has 0 fully saturated rings. The van der Waals surface area contributed by atoms with Crippen LogP contribution in [0.3, 0.4) is 0 Å². The lowest BCUT2D eigenvalue weighted by Crippen LogP contribution is -2.09. The van der Waals surface area contributed by atoms with Crippen molar-refractivity contribution in [2.75, 3.05) is 24.3 Å². The molecule has 5 heteroatoms. The zero-order chi connectivity index (χ0) is 14.5. The summed E-state index contributed by atoms with van der Waals surface area (Å²) >= 11 is 0. The molecule has 0 bridgehead atoms. The number of pyridine rings is 1. The van der Waals surface area contributed by atoms with Gasteiger partial charge in [0, 0.05) is 32.5 Å². The van der Waals surface area contributed by atoms with Gasteiger partial charge < -0.3 is 15.3 Å². The highest BCUT2D eigenvalue weighted by Crippen LogP contribution is 2.16. The Morgan fingerprint density at radius 3 is 2.55 bits per heavy atom. The number of nitrogens with one attached hydrogen (secondary N) is 1. The predicted molar refractivity (Wildman–Crippen MR) is 79.3 cm³/mol. The van der Waals surface area contributed by atoms with Gasteiger partial charge in [0.2, 0.25) is 0 Å². The largest absolute Gasteiger partial charge is 0.478 e. The molecule has 20 heavy (non-hydrogen) atoms. The van der Waals surface area contributed by atoms with Crippen molar-refractivity contribution in [2.45, 2.75) is 6.54 Å². The van der Waals surface area contributed by atoms with Gasteiger partial charge in [0.15, 0.2) is 0 Å². The molecule has 0 spiro atoms. The minimum atomic E-state index is -0.960. The number of carboxylic acid groups (broad SMARTS) is 1. The van der Waals surface area contributed by atoms with E-state index < -0.39 is 5.97 Å². The number of nitrogens with zero attached hydrogens (tertiary/aromatic N) is 2. The Balaban J connectivity index is 2.07. The lowest BCUT2D eigenvalue weighted by molar-refractivity contribution is 0.0698. The number of aromatic carboxylic acids is 1. The lowest BCUT2D eigenvalue weighted by atomic mass is 10.2. The van der Waals surface area contributed by atoms with E-state index in [1.165, 1.54) is 18.5 Å². The van der Waals surface area contributed by atoms with E-state index in [1.807, 2.05) is 43.3 Å². The second-order valence-electron chi connectivity index (χ2n) is 4.64. The van der Waals surface area contributed by atoms with Crippen LogP contribution in [0.2, 0.25) is 0 Å². The molecule has 104 valence electrons. The van der Waals surface area contributed by atoms with Gasteiger partial charge in [-0.25, -0.2) is 4.79 Å². The van der Waals surface area contributed by atoms with Crippen molar-refractivity contribution in [1.29, 1.82) is 0 Å². The molecule has 0 unspecified atom stereocenters. The number of anilines is 2. The molecule has 1 heterocycles. The van der Waals surface area contributed by atoms with E-state index in [2.05, 4.69) is 10.3 Å². The van der Waals surface area contributed by atoms with Crippen LogP contribution in [0.1, 0.15) is 15.9 Å². The molecule has 1 aromatic heterocycles. The number of hydrogen-bond donors (Lipinski definition) is 2. The van der Waals surface area contributed by atoms with E-state index in [0.29, 0.717) is 12.2 Å². The number of aromatic nitrogens is 1. The van der Waals surface area contributed by atoms with Gasteiger partial charge in [0.25, 0.3) is 0 Å². The second kappa shape index (κ2) is 6.06. The fraction of sp³-hybridized carbons (Fsp3) is 0.200. The summed E-state index contributed by atoms with van der Waals surface area (Å²) in [4.78, 5) is 17.1. The quantitative estimate of drug-likeness (QED) is 0.874. The molecule has 0 amide bonds. The second-order valence-corrected chi connectivity index (χ2v) is 4.64. The minimum absolute atomic E-state index is 0.227. The number of benzene rings is 1. The Hall–Kier alpha value is -2.56. The highest BCUT2D eigenvalue weighted by atomic mass is 16.4. The third kappa shape index (κ3) is 3.26. The highest BCUT2D eigenvalue weighted by Gasteiger charge is 2.08. The van der Waals surface area contributed by atoms with Gasteiger partial charge >= 0.3 is 5.97 Å². The van der Waals surface area contributed by atoms with Gasteiger partial charge in [-0.1, -0.05) is 12.1 Å². The fourth-order valence-electron chi connectivity index (χ4n) is 1.83. The standard InChI is InChI=1S/C15H17N3O2/c1-18(2)12-5-3-11(4-6-12)9-17-14-10-16-8-7-13(14)15(19)20/h3-8,10,17H,9H2,1-2H3,(H,19,20). The summed E-state index contributed by atoms with van der Waals surface area (Å²) in [6.07, 6.45) is 3.00. The first kappa shape index (κ1) is 13.9. The molecule has 0 saturated heterocycles. The maximum Gasteiger partial charge on any atom is 0.337 e. The van der Waals surface area contributed by atoms with Crippen LogP contribution in [0.15, 0.2) is 42.7 Å². The molecule has 0 radical (unpaired) electrons. The number of hydrogen-bond acceptors (Lipinski definition) is 4. The number of carboxylic acids is 1. The van der Waals surface area contributed by atoms with Gasteiger partial charge in [-0.3, -0.25) is 4.98 Å². The van der Waals surface area contributed by atoms with Crippen LogP contribution in [0.25, 0.3) is 0 Å². The van der Waals surface area contributed by atoms with Crippen LogP contribution < -0.4 is 10.2 Å². The van der Waals surface area contributed by atoms with E-state index >= 15 is 0 Å². The van der Waals surface area contributed by atoms with Crippen LogP contribution in [-0.2, 0) is 6.54 Å². The molecule has 2 rings (SSSR count). The van der Waals surface area contributed by atoms with E-state index in [4.69, 9.17) is 5.11 Å². The normalized spacial score (nSPS) is 10.1. The monoisotopic (exact) mass is 271 g/mol. The minimum Gasteiger partial charge on any atom is -0.478 e. The van der Waals surface area contributed by atoms with Gasteiger partial charge in [-0.05, 0) is 23.8 Å². The maximum absolute atomic E-state index is 11.1. The summed E-state index contributed by atoms with van der Waals surface area (Å²) in [7, 11) is 3.98.